The number of nitrogens with two attached hydrogens (primary N) is 1. The van der Waals surface area contributed by atoms with Gasteiger partial charge in [-0.3, -0.25) is 4.99 Å². The first-order valence-corrected chi connectivity index (χ1v) is 8.48. The van der Waals surface area contributed by atoms with Gasteiger partial charge in [0.05, 0.1) is 6.10 Å². The van der Waals surface area contributed by atoms with Crippen LogP contribution in [0.1, 0.15) is 71.1 Å². The quantitative estimate of drug-likeness (QED) is 0.368. The Labute approximate surface area is 124 Å². The molecule has 0 aromatic carbocycles. The van der Waals surface area contributed by atoms with Crippen molar-refractivity contribution in [2.75, 3.05) is 19.7 Å². The van der Waals surface area contributed by atoms with Crippen LogP contribution in [0.5, 0.6) is 0 Å². The van der Waals surface area contributed by atoms with Crippen molar-refractivity contribution in [1.29, 1.82) is 0 Å². The maximum absolute atomic E-state index is 5.86. The van der Waals surface area contributed by atoms with Gasteiger partial charge in [-0.25, -0.2) is 0 Å². The summed E-state index contributed by atoms with van der Waals surface area (Å²) in [4.78, 5) is 4.33. The van der Waals surface area contributed by atoms with Gasteiger partial charge in [0.15, 0.2) is 5.96 Å². The van der Waals surface area contributed by atoms with Crippen molar-refractivity contribution in [2.24, 2.45) is 10.7 Å². The SMILES string of the molecule is CCCCCCNC(N)=NCCCOC1CCCCC1. The van der Waals surface area contributed by atoms with Gasteiger partial charge in [0.1, 0.15) is 0 Å². The standard InChI is InChI=1S/C16H33N3O/c1-2-3-4-8-12-18-16(17)19-13-9-14-20-15-10-6-5-7-11-15/h15H,2-14H2,1H3,(H3,17,18,19). The molecule has 118 valence electrons. The molecule has 1 aliphatic rings. The summed E-state index contributed by atoms with van der Waals surface area (Å²) in [6, 6.07) is 0. The maximum Gasteiger partial charge on any atom is 0.188 e. The first kappa shape index (κ1) is 17.3. The molecule has 4 nitrogen and oxygen atoms in total. The number of rotatable bonds is 10. The number of ether oxygens (including phenoxy) is 1. The molecule has 0 unspecified atom stereocenters. The molecule has 20 heavy (non-hydrogen) atoms. The van der Waals surface area contributed by atoms with E-state index in [0.29, 0.717) is 12.1 Å². The number of hydrogen-bond donors (Lipinski definition) is 2. The van der Waals surface area contributed by atoms with Crippen molar-refractivity contribution in [3.8, 4) is 0 Å². The molecule has 0 bridgehead atoms. The lowest BCUT2D eigenvalue weighted by molar-refractivity contribution is 0.0281. The fraction of sp³-hybridized carbons (Fsp3) is 0.938. The van der Waals surface area contributed by atoms with Crippen LogP contribution in [-0.2, 0) is 4.74 Å². The molecule has 0 aromatic rings. The van der Waals surface area contributed by atoms with E-state index in [4.69, 9.17) is 10.5 Å². The molecule has 0 amide bonds. The zero-order chi connectivity index (χ0) is 14.5. The van der Waals surface area contributed by atoms with Gasteiger partial charge in [-0.15, -0.1) is 0 Å². The van der Waals surface area contributed by atoms with Crippen molar-refractivity contribution in [2.45, 2.75) is 77.2 Å². The van der Waals surface area contributed by atoms with Gasteiger partial charge in [0.25, 0.3) is 0 Å². The Kier molecular flexibility index (Phi) is 10.4. The minimum atomic E-state index is 0.502. The second-order valence-corrected chi connectivity index (χ2v) is 5.74. The first-order valence-electron chi connectivity index (χ1n) is 8.48. The monoisotopic (exact) mass is 283 g/mol. The summed E-state index contributed by atoms with van der Waals surface area (Å²) in [5.74, 6) is 0.583. The average molecular weight is 283 g/mol. The Bertz CT molecular complexity index is 250. The van der Waals surface area contributed by atoms with Crippen LogP contribution in [0.25, 0.3) is 0 Å². The van der Waals surface area contributed by atoms with Crippen molar-refractivity contribution in [1.82, 2.24) is 5.32 Å². The van der Waals surface area contributed by atoms with E-state index >= 15 is 0 Å². The lowest BCUT2D eigenvalue weighted by Crippen LogP contribution is -2.32. The normalized spacial score (nSPS) is 17.4. The number of nitrogens with one attached hydrogen (secondary N) is 1. The van der Waals surface area contributed by atoms with Crippen LogP contribution in [-0.4, -0.2) is 31.8 Å². The Hall–Kier alpha value is -0.770. The lowest BCUT2D eigenvalue weighted by atomic mass is 9.98. The molecule has 4 heteroatoms. The zero-order valence-corrected chi connectivity index (χ0v) is 13.2. The van der Waals surface area contributed by atoms with Gasteiger partial charge in [-0.05, 0) is 25.7 Å². The van der Waals surface area contributed by atoms with E-state index in [1.807, 2.05) is 0 Å². The molecule has 0 heterocycles. The van der Waals surface area contributed by atoms with Crippen LogP contribution in [0.4, 0.5) is 0 Å². The zero-order valence-electron chi connectivity index (χ0n) is 13.2. The van der Waals surface area contributed by atoms with Gasteiger partial charge < -0.3 is 15.8 Å². The Morgan fingerprint density at radius 2 is 1.95 bits per heavy atom. The minimum absolute atomic E-state index is 0.502. The Morgan fingerprint density at radius 3 is 2.70 bits per heavy atom. The predicted molar refractivity (Wildman–Crippen MR) is 86.1 cm³/mol. The molecule has 1 aliphatic carbocycles. The average Bonchev–Trinajstić information content (AvgIpc) is 2.48. The molecule has 0 saturated heterocycles. The molecule has 3 N–H and O–H groups in total. The highest BCUT2D eigenvalue weighted by Gasteiger charge is 2.12. The van der Waals surface area contributed by atoms with Crippen LogP contribution < -0.4 is 11.1 Å². The summed E-state index contributed by atoms with van der Waals surface area (Å²) in [5.41, 5.74) is 5.81. The van der Waals surface area contributed by atoms with Crippen molar-refractivity contribution >= 4 is 5.96 Å². The number of nitrogens with zero attached hydrogens (tertiary/aromatic N) is 1. The summed E-state index contributed by atoms with van der Waals surface area (Å²) < 4.78 is 5.86. The molecule has 0 radical (unpaired) electrons. The molecule has 1 rings (SSSR count). The summed E-state index contributed by atoms with van der Waals surface area (Å²) in [5, 5.41) is 3.17. The maximum atomic E-state index is 5.86. The fourth-order valence-electron chi connectivity index (χ4n) is 2.57. The van der Waals surface area contributed by atoms with Gasteiger partial charge in [-0.1, -0.05) is 45.4 Å². The molecule has 1 saturated carbocycles. The van der Waals surface area contributed by atoms with Gasteiger partial charge in [-0.2, -0.15) is 0 Å². The van der Waals surface area contributed by atoms with E-state index in [0.717, 1.165) is 26.1 Å². The summed E-state index contributed by atoms with van der Waals surface area (Å²) in [6.45, 7) is 4.74. The van der Waals surface area contributed by atoms with Crippen LogP contribution in [0.3, 0.4) is 0 Å². The number of hydrogen-bond acceptors (Lipinski definition) is 2. The topological polar surface area (TPSA) is 59.6 Å². The highest BCUT2D eigenvalue weighted by molar-refractivity contribution is 5.77. The summed E-state index contributed by atoms with van der Waals surface area (Å²) >= 11 is 0. The number of aliphatic imine (C=N–C) groups is 1. The molecular formula is C16H33N3O. The summed E-state index contributed by atoms with van der Waals surface area (Å²) in [6.07, 6.45) is 13.0. The van der Waals surface area contributed by atoms with E-state index < -0.39 is 0 Å². The fourth-order valence-corrected chi connectivity index (χ4v) is 2.57. The van der Waals surface area contributed by atoms with E-state index in [-0.39, 0.29) is 0 Å². The molecule has 0 atom stereocenters. The number of unbranched alkanes of at least 4 members (excludes halogenated alkanes) is 3. The van der Waals surface area contributed by atoms with Crippen LogP contribution >= 0.6 is 0 Å². The molecule has 0 spiro atoms. The van der Waals surface area contributed by atoms with Crippen LogP contribution in [0, 0.1) is 0 Å². The van der Waals surface area contributed by atoms with E-state index in [1.165, 1.54) is 57.8 Å². The van der Waals surface area contributed by atoms with E-state index in [1.54, 1.807) is 0 Å². The van der Waals surface area contributed by atoms with E-state index in [9.17, 15) is 0 Å². The summed E-state index contributed by atoms with van der Waals surface area (Å²) in [7, 11) is 0. The smallest absolute Gasteiger partial charge is 0.188 e. The Balaban J connectivity index is 1.91. The van der Waals surface area contributed by atoms with Crippen LogP contribution in [0.15, 0.2) is 4.99 Å². The molecule has 0 aliphatic heterocycles. The lowest BCUT2D eigenvalue weighted by Gasteiger charge is -2.21. The van der Waals surface area contributed by atoms with Crippen LogP contribution in [0.2, 0.25) is 0 Å². The molecule has 1 fully saturated rings. The molecule has 0 aromatic heterocycles. The van der Waals surface area contributed by atoms with Crippen molar-refractivity contribution in [3.63, 3.8) is 0 Å². The third-order valence-electron chi connectivity index (χ3n) is 3.83. The van der Waals surface area contributed by atoms with Gasteiger partial charge in [0, 0.05) is 19.7 Å². The van der Waals surface area contributed by atoms with E-state index in [2.05, 4.69) is 17.2 Å². The van der Waals surface area contributed by atoms with Crippen molar-refractivity contribution in [3.05, 3.63) is 0 Å². The minimum Gasteiger partial charge on any atom is -0.378 e. The Morgan fingerprint density at radius 1 is 1.15 bits per heavy atom. The molecular weight excluding hydrogens is 250 g/mol. The first-order chi connectivity index (χ1) is 9.83. The highest BCUT2D eigenvalue weighted by atomic mass is 16.5. The largest absolute Gasteiger partial charge is 0.378 e. The second-order valence-electron chi connectivity index (χ2n) is 5.74. The second kappa shape index (κ2) is 12.0. The predicted octanol–water partition coefficient (Wildman–Crippen LogP) is 3.21. The van der Waals surface area contributed by atoms with Crippen molar-refractivity contribution < 1.29 is 4.74 Å². The highest BCUT2D eigenvalue weighted by Crippen LogP contribution is 2.20. The third-order valence-corrected chi connectivity index (χ3v) is 3.83. The third kappa shape index (κ3) is 9.18. The van der Waals surface area contributed by atoms with Gasteiger partial charge in [0.2, 0.25) is 0 Å². The van der Waals surface area contributed by atoms with Gasteiger partial charge >= 0.3 is 0 Å². The number of guanidine groups is 1.